The number of nitrogens with zero attached hydrogens (tertiary/aromatic N) is 4. The summed E-state index contributed by atoms with van der Waals surface area (Å²) in [6.07, 6.45) is 3.40. The average Bonchev–Trinajstić information content (AvgIpc) is 3.39. The smallest absolute Gasteiger partial charge is 0.269 e. The van der Waals surface area contributed by atoms with Gasteiger partial charge in [0.1, 0.15) is 6.33 Å². The molecule has 0 spiro atoms. The highest BCUT2D eigenvalue weighted by Crippen LogP contribution is 2.19. The fourth-order valence-corrected chi connectivity index (χ4v) is 3.74. The number of hydrogen-bond acceptors (Lipinski definition) is 7. The molecule has 1 aliphatic rings. The zero-order valence-corrected chi connectivity index (χ0v) is 15.2. The Morgan fingerprint density at radius 1 is 1.41 bits per heavy atom. The van der Waals surface area contributed by atoms with Crippen LogP contribution in [0.2, 0.25) is 0 Å². The van der Waals surface area contributed by atoms with Crippen LogP contribution in [-0.2, 0) is 9.53 Å². The zero-order valence-electron chi connectivity index (χ0n) is 14.4. The molecule has 1 aliphatic heterocycles. The van der Waals surface area contributed by atoms with E-state index in [9.17, 15) is 9.59 Å². The van der Waals surface area contributed by atoms with Gasteiger partial charge in [0.2, 0.25) is 11.9 Å². The SMILES string of the molecule is O=C(CSc1nc2ccccc2c(=O)n1-c1ncn[nH]1)NC[C@H]1CCCO1. The first-order valence-corrected chi connectivity index (χ1v) is 9.59. The number of amides is 1. The molecule has 3 heterocycles. The maximum atomic E-state index is 12.9. The molecule has 0 aliphatic carbocycles. The second-order valence-electron chi connectivity index (χ2n) is 6.09. The van der Waals surface area contributed by atoms with Gasteiger partial charge in [-0.1, -0.05) is 23.9 Å². The van der Waals surface area contributed by atoms with Gasteiger partial charge < -0.3 is 10.1 Å². The summed E-state index contributed by atoms with van der Waals surface area (Å²) in [4.78, 5) is 33.7. The normalized spacial score (nSPS) is 16.7. The van der Waals surface area contributed by atoms with Gasteiger partial charge in [-0.3, -0.25) is 9.59 Å². The molecule has 1 aromatic carbocycles. The Balaban J connectivity index is 1.56. The van der Waals surface area contributed by atoms with Crippen LogP contribution in [0.1, 0.15) is 12.8 Å². The van der Waals surface area contributed by atoms with Crippen LogP contribution in [0, 0.1) is 0 Å². The van der Waals surface area contributed by atoms with Crippen molar-refractivity contribution in [1.29, 1.82) is 0 Å². The first-order valence-electron chi connectivity index (χ1n) is 8.61. The largest absolute Gasteiger partial charge is 0.376 e. The number of carbonyl (C=O) groups excluding carboxylic acids is 1. The van der Waals surface area contributed by atoms with E-state index in [0.29, 0.717) is 22.6 Å². The lowest BCUT2D eigenvalue weighted by Crippen LogP contribution is -2.33. The van der Waals surface area contributed by atoms with Crippen molar-refractivity contribution in [3.63, 3.8) is 0 Å². The molecule has 0 radical (unpaired) electrons. The minimum Gasteiger partial charge on any atom is -0.376 e. The van der Waals surface area contributed by atoms with Crippen LogP contribution >= 0.6 is 11.8 Å². The van der Waals surface area contributed by atoms with E-state index < -0.39 is 0 Å². The van der Waals surface area contributed by atoms with Gasteiger partial charge in [0.25, 0.3) is 5.56 Å². The molecule has 140 valence electrons. The minimum atomic E-state index is -0.264. The third-order valence-corrected chi connectivity index (χ3v) is 5.18. The fraction of sp³-hybridized carbons (Fsp3) is 0.353. The number of para-hydroxylation sites is 1. The summed E-state index contributed by atoms with van der Waals surface area (Å²) >= 11 is 1.18. The van der Waals surface area contributed by atoms with Gasteiger partial charge in [-0.25, -0.2) is 14.6 Å². The number of nitrogens with one attached hydrogen (secondary N) is 2. The number of H-pyrrole nitrogens is 1. The van der Waals surface area contributed by atoms with Crippen LogP contribution in [0.3, 0.4) is 0 Å². The van der Waals surface area contributed by atoms with E-state index in [0.717, 1.165) is 19.4 Å². The number of fused-ring (bicyclic) bond motifs is 1. The molecule has 0 bridgehead atoms. The minimum absolute atomic E-state index is 0.0881. The number of thioether (sulfide) groups is 1. The first kappa shape index (κ1) is 17.7. The van der Waals surface area contributed by atoms with Crippen molar-refractivity contribution in [2.75, 3.05) is 18.9 Å². The molecule has 2 N–H and O–H groups in total. The highest BCUT2D eigenvalue weighted by molar-refractivity contribution is 7.99. The molecule has 27 heavy (non-hydrogen) atoms. The Labute approximate surface area is 158 Å². The number of rotatable bonds is 6. The fourth-order valence-electron chi connectivity index (χ4n) is 2.92. The lowest BCUT2D eigenvalue weighted by Gasteiger charge is -2.12. The monoisotopic (exact) mass is 386 g/mol. The van der Waals surface area contributed by atoms with Crippen molar-refractivity contribution in [1.82, 2.24) is 30.0 Å². The number of aromatic amines is 1. The van der Waals surface area contributed by atoms with Crippen molar-refractivity contribution in [2.45, 2.75) is 24.1 Å². The summed E-state index contributed by atoms with van der Waals surface area (Å²) in [6, 6.07) is 7.07. The lowest BCUT2D eigenvalue weighted by molar-refractivity contribution is -0.119. The molecule has 0 unspecified atom stereocenters. The number of carbonyl (C=O) groups is 1. The number of aromatic nitrogens is 5. The van der Waals surface area contributed by atoms with E-state index in [1.165, 1.54) is 22.7 Å². The van der Waals surface area contributed by atoms with Crippen LogP contribution in [0.25, 0.3) is 16.9 Å². The van der Waals surface area contributed by atoms with Crippen molar-refractivity contribution in [2.24, 2.45) is 0 Å². The quantitative estimate of drug-likeness (QED) is 0.477. The van der Waals surface area contributed by atoms with E-state index in [2.05, 4.69) is 25.5 Å². The maximum absolute atomic E-state index is 12.9. The average molecular weight is 386 g/mol. The van der Waals surface area contributed by atoms with Crippen molar-refractivity contribution < 1.29 is 9.53 Å². The third-order valence-electron chi connectivity index (χ3n) is 4.24. The molecule has 4 rings (SSSR count). The van der Waals surface area contributed by atoms with Crippen LogP contribution in [0.4, 0.5) is 0 Å². The lowest BCUT2D eigenvalue weighted by atomic mass is 10.2. The third kappa shape index (κ3) is 3.86. The van der Waals surface area contributed by atoms with Gasteiger partial charge in [0.15, 0.2) is 5.16 Å². The Bertz CT molecular complexity index is 998. The van der Waals surface area contributed by atoms with Gasteiger partial charge in [-0.05, 0) is 25.0 Å². The predicted octanol–water partition coefficient (Wildman–Crippen LogP) is 0.891. The molecule has 0 saturated carbocycles. The molecule has 2 aromatic heterocycles. The van der Waals surface area contributed by atoms with E-state index >= 15 is 0 Å². The Kier molecular flexibility index (Phi) is 5.16. The Morgan fingerprint density at radius 2 is 2.30 bits per heavy atom. The molecule has 1 fully saturated rings. The topological polar surface area (TPSA) is 115 Å². The van der Waals surface area contributed by atoms with Gasteiger partial charge >= 0.3 is 0 Å². The van der Waals surface area contributed by atoms with Gasteiger partial charge in [-0.2, -0.15) is 10.1 Å². The number of ether oxygens (including phenoxy) is 1. The summed E-state index contributed by atoms with van der Waals surface area (Å²) in [5.74, 6) is 0.258. The first-order chi connectivity index (χ1) is 13.2. The highest BCUT2D eigenvalue weighted by Gasteiger charge is 2.18. The molecular formula is C17H18N6O3S. The van der Waals surface area contributed by atoms with Crippen LogP contribution in [-0.4, -0.2) is 55.6 Å². The second-order valence-corrected chi connectivity index (χ2v) is 7.03. The maximum Gasteiger partial charge on any atom is 0.269 e. The molecule has 9 nitrogen and oxygen atoms in total. The van der Waals surface area contributed by atoms with Gasteiger partial charge in [0, 0.05) is 13.2 Å². The number of benzene rings is 1. The molecular weight excluding hydrogens is 368 g/mol. The van der Waals surface area contributed by atoms with Crippen LogP contribution in [0.5, 0.6) is 0 Å². The van der Waals surface area contributed by atoms with Crippen molar-refractivity contribution in [3.8, 4) is 5.95 Å². The van der Waals surface area contributed by atoms with E-state index in [1.54, 1.807) is 18.2 Å². The number of hydrogen-bond donors (Lipinski definition) is 2. The molecule has 1 atom stereocenters. The van der Waals surface area contributed by atoms with Crippen molar-refractivity contribution in [3.05, 3.63) is 40.9 Å². The predicted molar refractivity (Wildman–Crippen MR) is 100.0 cm³/mol. The standard InChI is InChI=1S/C17H18N6O3S/c24-14(18-8-11-4-3-7-26-11)9-27-17-21-13-6-2-1-5-12(13)15(25)23(17)16-19-10-20-22-16/h1-2,5-6,10-11H,3-4,7-9H2,(H,18,24)(H,19,20,22)/t11-/m1/s1. The van der Waals surface area contributed by atoms with Gasteiger partial charge in [-0.15, -0.1) is 0 Å². The highest BCUT2D eigenvalue weighted by atomic mass is 32.2. The van der Waals surface area contributed by atoms with E-state index in [4.69, 9.17) is 4.74 Å². The summed E-state index contributed by atoms with van der Waals surface area (Å²) in [6.45, 7) is 1.25. The summed E-state index contributed by atoms with van der Waals surface area (Å²) in [7, 11) is 0. The van der Waals surface area contributed by atoms with Crippen LogP contribution in [0.15, 0.2) is 40.5 Å². The summed E-state index contributed by atoms with van der Waals surface area (Å²) in [5, 5.41) is 10.2. The summed E-state index contributed by atoms with van der Waals surface area (Å²) in [5.41, 5.74) is 0.306. The molecule has 1 amide bonds. The van der Waals surface area contributed by atoms with Crippen LogP contribution < -0.4 is 10.9 Å². The van der Waals surface area contributed by atoms with E-state index in [-0.39, 0.29) is 29.3 Å². The Hall–Kier alpha value is -2.72. The zero-order chi connectivity index (χ0) is 18.6. The molecule has 1 saturated heterocycles. The van der Waals surface area contributed by atoms with E-state index in [1.807, 2.05) is 6.07 Å². The molecule has 3 aromatic rings. The van der Waals surface area contributed by atoms with Gasteiger partial charge in [0.05, 0.1) is 22.8 Å². The second kappa shape index (κ2) is 7.89. The summed E-state index contributed by atoms with van der Waals surface area (Å²) < 4.78 is 6.84. The molecule has 10 heteroatoms. The Morgan fingerprint density at radius 3 is 3.07 bits per heavy atom. The van der Waals surface area contributed by atoms with Crippen molar-refractivity contribution >= 4 is 28.6 Å².